The molecule has 4 nitrogen and oxygen atoms in total. The third-order valence-electron chi connectivity index (χ3n) is 3.85. The maximum atomic E-state index is 5.90. The Morgan fingerprint density at radius 2 is 2.15 bits per heavy atom. The fourth-order valence-electron chi connectivity index (χ4n) is 2.69. The molecular formula is C15H21N3OS. The molecule has 2 aromatic rings. The van der Waals surface area contributed by atoms with E-state index < -0.39 is 0 Å². The van der Waals surface area contributed by atoms with Crippen molar-refractivity contribution in [3.05, 3.63) is 23.7 Å². The maximum Gasteiger partial charge on any atom is 0.134 e. The van der Waals surface area contributed by atoms with Gasteiger partial charge in [-0.1, -0.05) is 0 Å². The highest BCUT2D eigenvalue weighted by Crippen LogP contribution is 2.25. The molecule has 0 spiro atoms. The van der Waals surface area contributed by atoms with E-state index in [2.05, 4.69) is 21.7 Å². The van der Waals surface area contributed by atoms with Crippen molar-refractivity contribution in [1.82, 2.24) is 4.98 Å². The van der Waals surface area contributed by atoms with Crippen molar-refractivity contribution in [3.63, 3.8) is 0 Å². The third-order valence-corrected chi connectivity index (χ3v) is 4.73. The summed E-state index contributed by atoms with van der Waals surface area (Å²) in [5, 5.41) is 6.66. The van der Waals surface area contributed by atoms with Gasteiger partial charge in [-0.05, 0) is 43.2 Å². The van der Waals surface area contributed by atoms with Gasteiger partial charge < -0.3 is 15.8 Å². The average Bonchev–Trinajstić information content (AvgIpc) is 2.94. The Morgan fingerprint density at radius 3 is 3.00 bits per heavy atom. The quantitative estimate of drug-likeness (QED) is 0.831. The number of anilines is 1. The molecule has 0 aromatic carbocycles. The van der Waals surface area contributed by atoms with Crippen molar-refractivity contribution >= 4 is 27.2 Å². The summed E-state index contributed by atoms with van der Waals surface area (Å²) in [5.74, 6) is 0.956. The van der Waals surface area contributed by atoms with E-state index in [9.17, 15) is 0 Å². The Balaban J connectivity index is 1.45. The van der Waals surface area contributed by atoms with Crippen molar-refractivity contribution in [1.29, 1.82) is 0 Å². The largest absolute Gasteiger partial charge is 0.376 e. The minimum atomic E-state index is 0.383. The molecule has 2 aromatic heterocycles. The third kappa shape index (κ3) is 3.29. The number of ether oxygens (including phenoxy) is 1. The first-order valence-electron chi connectivity index (χ1n) is 7.26. The first-order chi connectivity index (χ1) is 9.83. The number of hydrogen-bond acceptors (Lipinski definition) is 5. The minimum absolute atomic E-state index is 0.383. The zero-order valence-electron chi connectivity index (χ0n) is 11.5. The molecule has 0 atom stereocenters. The number of aromatic nitrogens is 1. The molecule has 20 heavy (non-hydrogen) atoms. The van der Waals surface area contributed by atoms with Gasteiger partial charge in [0.15, 0.2) is 0 Å². The molecule has 0 radical (unpaired) electrons. The standard InChI is InChI=1S/C15H21N3OS/c16-11-1-3-12(4-2-11)19-9-8-18-15-13-6-10-20-14(13)5-7-17-15/h5-7,10-12H,1-4,8-9,16H2,(H,17,18). The molecule has 108 valence electrons. The molecule has 1 fully saturated rings. The van der Waals surface area contributed by atoms with E-state index in [1.54, 1.807) is 11.3 Å². The summed E-state index contributed by atoms with van der Waals surface area (Å²) >= 11 is 1.74. The molecular weight excluding hydrogens is 270 g/mol. The van der Waals surface area contributed by atoms with Gasteiger partial charge in [0, 0.05) is 28.9 Å². The van der Waals surface area contributed by atoms with E-state index in [1.165, 1.54) is 10.1 Å². The second kappa shape index (κ2) is 6.52. The summed E-state index contributed by atoms with van der Waals surface area (Å²) in [4.78, 5) is 4.40. The number of fused-ring (bicyclic) bond motifs is 1. The van der Waals surface area contributed by atoms with Crippen molar-refractivity contribution < 1.29 is 4.74 Å². The van der Waals surface area contributed by atoms with Crippen LogP contribution in [0.25, 0.3) is 10.1 Å². The second-order valence-corrected chi connectivity index (χ2v) is 6.27. The van der Waals surface area contributed by atoms with Crippen LogP contribution in [0, 0.1) is 0 Å². The van der Waals surface area contributed by atoms with E-state index >= 15 is 0 Å². The average molecular weight is 291 g/mol. The lowest BCUT2D eigenvalue weighted by molar-refractivity contribution is 0.0313. The summed E-state index contributed by atoms with van der Waals surface area (Å²) in [6, 6.07) is 4.54. The van der Waals surface area contributed by atoms with Gasteiger partial charge in [-0.2, -0.15) is 0 Å². The SMILES string of the molecule is NC1CCC(OCCNc2nccc3sccc23)CC1. The van der Waals surface area contributed by atoms with E-state index in [4.69, 9.17) is 10.5 Å². The van der Waals surface area contributed by atoms with Crippen molar-refractivity contribution in [2.45, 2.75) is 37.8 Å². The maximum absolute atomic E-state index is 5.90. The lowest BCUT2D eigenvalue weighted by Crippen LogP contribution is -2.31. The highest BCUT2D eigenvalue weighted by molar-refractivity contribution is 7.17. The van der Waals surface area contributed by atoms with Crippen LogP contribution in [0.3, 0.4) is 0 Å². The number of nitrogens with zero attached hydrogens (tertiary/aromatic N) is 1. The summed E-state index contributed by atoms with van der Waals surface area (Å²) in [6.45, 7) is 1.52. The smallest absolute Gasteiger partial charge is 0.134 e. The molecule has 0 amide bonds. The minimum Gasteiger partial charge on any atom is -0.376 e. The second-order valence-electron chi connectivity index (χ2n) is 5.33. The fraction of sp³-hybridized carbons (Fsp3) is 0.533. The van der Waals surface area contributed by atoms with Crippen LogP contribution in [0.5, 0.6) is 0 Å². The predicted molar refractivity (Wildman–Crippen MR) is 84.3 cm³/mol. The van der Waals surface area contributed by atoms with Gasteiger partial charge in [0.25, 0.3) is 0 Å². The van der Waals surface area contributed by atoms with Crippen LogP contribution in [0.4, 0.5) is 5.82 Å². The molecule has 0 aliphatic heterocycles. The number of thiophene rings is 1. The van der Waals surface area contributed by atoms with Gasteiger partial charge in [-0.25, -0.2) is 4.98 Å². The lowest BCUT2D eigenvalue weighted by Gasteiger charge is -2.26. The molecule has 1 saturated carbocycles. The number of pyridine rings is 1. The van der Waals surface area contributed by atoms with Crippen LogP contribution in [0.15, 0.2) is 23.7 Å². The first kappa shape index (κ1) is 13.8. The first-order valence-corrected chi connectivity index (χ1v) is 8.14. The van der Waals surface area contributed by atoms with Crippen molar-refractivity contribution in [2.24, 2.45) is 5.73 Å². The summed E-state index contributed by atoms with van der Waals surface area (Å²) in [6.07, 6.45) is 6.62. The Bertz CT molecular complexity index is 549. The van der Waals surface area contributed by atoms with Gasteiger partial charge >= 0.3 is 0 Å². The molecule has 1 aliphatic rings. The van der Waals surface area contributed by atoms with Gasteiger partial charge in [0.1, 0.15) is 5.82 Å². The Morgan fingerprint density at radius 1 is 1.30 bits per heavy atom. The summed E-state index contributed by atoms with van der Waals surface area (Å²) in [5.41, 5.74) is 5.90. The van der Waals surface area contributed by atoms with E-state index in [-0.39, 0.29) is 0 Å². The lowest BCUT2D eigenvalue weighted by atomic mass is 9.94. The zero-order valence-corrected chi connectivity index (χ0v) is 12.4. The highest BCUT2D eigenvalue weighted by atomic mass is 32.1. The summed E-state index contributed by atoms with van der Waals surface area (Å²) < 4.78 is 7.17. The molecule has 3 rings (SSSR count). The molecule has 0 unspecified atom stereocenters. The van der Waals surface area contributed by atoms with Crippen molar-refractivity contribution in [3.8, 4) is 0 Å². The molecule has 0 saturated heterocycles. The van der Waals surface area contributed by atoms with Crippen LogP contribution in [0.2, 0.25) is 0 Å². The Hall–Kier alpha value is -1.17. The fourth-order valence-corrected chi connectivity index (χ4v) is 3.47. The number of rotatable bonds is 5. The zero-order chi connectivity index (χ0) is 13.8. The topological polar surface area (TPSA) is 60.2 Å². The number of nitrogens with one attached hydrogen (secondary N) is 1. The van der Waals surface area contributed by atoms with Crippen LogP contribution >= 0.6 is 11.3 Å². The monoisotopic (exact) mass is 291 g/mol. The molecule has 1 aliphatic carbocycles. The number of hydrogen-bond donors (Lipinski definition) is 2. The molecule has 5 heteroatoms. The van der Waals surface area contributed by atoms with Crippen LogP contribution < -0.4 is 11.1 Å². The van der Waals surface area contributed by atoms with E-state index in [0.29, 0.717) is 12.1 Å². The molecule has 0 bridgehead atoms. The normalized spacial score (nSPS) is 23.1. The van der Waals surface area contributed by atoms with E-state index in [0.717, 1.165) is 44.7 Å². The highest BCUT2D eigenvalue weighted by Gasteiger charge is 2.18. The van der Waals surface area contributed by atoms with E-state index in [1.807, 2.05) is 12.3 Å². The Kier molecular flexibility index (Phi) is 4.50. The molecule has 2 heterocycles. The number of nitrogens with two attached hydrogens (primary N) is 1. The summed E-state index contributed by atoms with van der Waals surface area (Å²) in [7, 11) is 0. The van der Waals surface area contributed by atoms with Gasteiger partial charge in [-0.15, -0.1) is 11.3 Å². The van der Waals surface area contributed by atoms with Crippen LogP contribution in [-0.2, 0) is 4.74 Å². The van der Waals surface area contributed by atoms with Crippen molar-refractivity contribution in [2.75, 3.05) is 18.5 Å². The molecule has 3 N–H and O–H groups in total. The van der Waals surface area contributed by atoms with Gasteiger partial charge in [0.2, 0.25) is 0 Å². The van der Waals surface area contributed by atoms with Crippen LogP contribution in [0.1, 0.15) is 25.7 Å². The Labute approximate surface area is 123 Å². The van der Waals surface area contributed by atoms with Gasteiger partial charge in [0.05, 0.1) is 12.7 Å². The van der Waals surface area contributed by atoms with Gasteiger partial charge in [-0.3, -0.25) is 0 Å². The predicted octanol–water partition coefficient (Wildman–Crippen LogP) is 2.99. The van der Waals surface area contributed by atoms with Crippen LogP contribution in [-0.4, -0.2) is 30.3 Å².